The number of amides is 1. The fourth-order valence-electron chi connectivity index (χ4n) is 3.08. The Hall–Kier alpha value is -3.33. The second-order valence-corrected chi connectivity index (χ2v) is 7.42. The van der Waals surface area contributed by atoms with Crippen molar-refractivity contribution in [1.29, 1.82) is 0 Å². The van der Waals surface area contributed by atoms with Crippen LogP contribution >= 0.6 is 11.3 Å². The van der Waals surface area contributed by atoms with Crippen LogP contribution in [0.3, 0.4) is 0 Å². The third-order valence-electron chi connectivity index (χ3n) is 4.51. The summed E-state index contributed by atoms with van der Waals surface area (Å²) in [7, 11) is 0. The van der Waals surface area contributed by atoms with E-state index in [1.54, 1.807) is 9.42 Å². The van der Waals surface area contributed by atoms with Crippen molar-refractivity contribution in [2.75, 3.05) is 13.1 Å². The Bertz CT molecular complexity index is 1150. The van der Waals surface area contributed by atoms with E-state index < -0.39 is 0 Å². The van der Waals surface area contributed by atoms with Gasteiger partial charge in [0.1, 0.15) is 23.1 Å². The van der Waals surface area contributed by atoms with Crippen molar-refractivity contribution in [2.24, 2.45) is 0 Å². The predicted molar refractivity (Wildman–Crippen MR) is 103 cm³/mol. The highest BCUT2D eigenvalue weighted by atomic mass is 32.1. The molecule has 0 unspecified atom stereocenters. The van der Waals surface area contributed by atoms with Gasteiger partial charge in [0.2, 0.25) is 5.88 Å². The maximum atomic E-state index is 12.7. The predicted octanol–water partition coefficient (Wildman–Crippen LogP) is 2.46. The van der Waals surface area contributed by atoms with Gasteiger partial charge in [0.05, 0.1) is 13.1 Å². The number of likely N-dealkylation sites (tertiary alicyclic amines) is 1. The minimum atomic E-state index is -0.0922. The van der Waals surface area contributed by atoms with Gasteiger partial charge in [-0.25, -0.2) is 9.97 Å². The first kappa shape index (κ1) is 16.8. The van der Waals surface area contributed by atoms with Crippen molar-refractivity contribution in [2.45, 2.75) is 13.0 Å². The Morgan fingerprint density at radius 3 is 2.86 bits per heavy atom. The van der Waals surface area contributed by atoms with Crippen LogP contribution in [0.25, 0.3) is 16.3 Å². The second-order valence-electron chi connectivity index (χ2n) is 6.56. The minimum Gasteiger partial charge on any atom is -0.470 e. The molecule has 1 amide bonds. The summed E-state index contributed by atoms with van der Waals surface area (Å²) in [5.74, 6) is 1.00. The number of hydrogen-bond donors (Lipinski definition) is 0. The zero-order chi connectivity index (χ0) is 19.1. The molecule has 9 heteroatoms. The van der Waals surface area contributed by atoms with Crippen LogP contribution in [-0.2, 0) is 0 Å². The van der Waals surface area contributed by atoms with Gasteiger partial charge in [-0.3, -0.25) is 4.79 Å². The summed E-state index contributed by atoms with van der Waals surface area (Å²) in [6.45, 7) is 2.90. The Kier molecular flexibility index (Phi) is 4.01. The first-order valence-electron chi connectivity index (χ1n) is 8.81. The SMILES string of the molecule is Cc1cc(OC2CN(C(=O)c3csc(-c4ccccc4)n3)C2)n2ncnc2n1. The highest BCUT2D eigenvalue weighted by Crippen LogP contribution is 2.26. The second kappa shape index (κ2) is 6.68. The smallest absolute Gasteiger partial charge is 0.273 e. The van der Waals surface area contributed by atoms with Crippen LogP contribution in [0.5, 0.6) is 5.88 Å². The molecule has 1 saturated heterocycles. The normalized spacial score (nSPS) is 14.2. The third-order valence-corrected chi connectivity index (χ3v) is 5.41. The molecule has 4 aromatic rings. The molecular formula is C19H16N6O2S. The van der Waals surface area contributed by atoms with Gasteiger partial charge in [-0.05, 0) is 6.92 Å². The number of hydrogen-bond acceptors (Lipinski definition) is 7. The van der Waals surface area contributed by atoms with Crippen LogP contribution in [0.4, 0.5) is 0 Å². The highest BCUT2D eigenvalue weighted by Gasteiger charge is 2.34. The van der Waals surface area contributed by atoms with Crippen LogP contribution in [-0.4, -0.2) is 54.6 Å². The zero-order valence-corrected chi connectivity index (χ0v) is 15.8. The fraction of sp³-hybridized carbons (Fsp3) is 0.211. The van der Waals surface area contributed by atoms with Gasteiger partial charge in [-0.15, -0.1) is 11.3 Å². The summed E-state index contributed by atoms with van der Waals surface area (Å²) < 4.78 is 7.56. The van der Waals surface area contributed by atoms with Gasteiger partial charge in [0, 0.05) is 22.7 Å². The topological polar surface area (TPSA) is 85.5 Å². The van der Waals surface area contributed by atoms with Crippen LogP contribution < -0.4 is 4.74 Å². The van der Waals surface area contributed by atoms with Gasteiger partial charge in [-0.2, -0.15) is 14.6 Å². The lowest BCUT2D eigenvalue weighted by Gasteiger charge is -2.38. The third kappa shape index (κ3) is 2.99. The van der Waals surface area contributed by atoms with Crippen LogP contribution in [0.2, 0.25) is 0 Å². The van der Waals surface area contributed by atoms with Crippen molar-refractivity contribution in [3.05, 3.63) is 59.5 Å². The van der Waals surface area contributed by atoms with Crippen molar-refractivity contribution in [3.63, 3.8) is 0 Å². The lowest BCUT2D eigenvalue weighted by molar-refractivity contribution is 0.0147. The quantitative estimate of drug-likeness (QED) is 0.530. The average molecular weight is 392 g/mol. The van der Waals surface area contributed by atoms with Crippen LogP contribution in [0.15, 0.2) is 48.1 Å². The molecule has 0 saturated carbocycles. The summed E-state index contributed by atoms with van der Waals surface area (Å²) in [6.07, 6.45) is 1.35. The molecule has 1 fully saturated rings. The lowest BCUT2D eigenvalue weighted by Crippen LogP contribution is -2.56. The van der Waals surface area contributed by atoms with Crippen LogP contribution in [0.1, 0.15) is 16.2 Å². The first-order valence-corrected chi connectivity index (χ1v) is 9.69. The van der Waals surface area contributed by atoms with Crippen molar-refractivity contribution < 1.29 is 9.53 Å². The molecule has 28 heavy (non-hydrogen) atoms. The first-order chi connectivity index (χ1) is 13.7. The van der Waals surface area contributed by atoms with E-state index in [0.29, 0.717) is 30.4 Å². The molecule has 0 atom stereocenters. The van der Waals surface area contributed by atoms with Gasteiger partial charge in [0.15, 0.2) is 0 Å². The van der Waals surface area contributed by atoms with Crippen LogP contribution in [0, 0.1) is 6.92 Å². The number of rotatable bonds is 4. The molecule has 0 spiro atoms. The Balaban J connectivity index is 1.25. The molecule has 4 heterocycles. The Morgan fingerprint density at radius 1 is 1.21 bits per heavy atom. The Morgan fingerprint density at radius 2 is 2.04 bits per heavy atom. The molecule has 8 nitrogen and oxygen atoms in total. The Labute approximate surface area is 164 Å². The highest BCUT2D eigenvalue weighted by molar-refractivity contribution is 7.13. The summed E-state index contributed by atoms with van der Waals surface area (Å²) in [6, 6.07) is 11.7. The number of ether oxygens (including phenoxy) is 1. The maximum absolute atomic E-state index is 12.7. The van der Waals surface area contributed by atoms with E-state index in [4.69, 9.17) is 4.74 Å². The summed E-state index contributed by atoms with van der Waals surface area (Å²) in [5.41, 5.74) is 2.29. The van der Waals surface area contributed by atoms with E-state index in [9.17, 15) is 4.79 Å². The monoisotopic (exact) mass is 392 g/mol. The number of aryl methyl sites for hydroxylation is 1. The number of nitrogens with zero attached hydrogens (tertiary/aromatic N) is 6. The largest absolute Gasteiger partial charge is 0.470 e. The molecule has 5 rings (SSSR count). The number of carbonyl (C=O) groups excluding carboxylic acids is 1. The van der Waals surface area contributed by atoms with Gasteiger partial charge < -0.3 is 9.64 Å². The van der Waals surface area contributed by atoms with E-state index in [1.165, 1.54) is 17.7 Å². The number of carbonyl (C=O) groups is 1. The molecule has 1 aromatic carbocycles. The van der Waals surface area contributed by atoms with Crippen molar-refractivity contribution in [3.8, 4) is 16.5 Å². The number of aromatic nitrogens is 5. The van der Waals surface area contributed by atoms with Gasteiger partial charge in [-0.1, -0.05) is 30.3 Å². The summed E-state index contributed by atoms with van der Waals surface area (Å²) in [4.78, 5) is 27.3. The molecule has 0 N–H and O–H groups in total. The molecular weight excluding hydrogens is 376 g/mol. The van der Waals surface area contributed by atoms with E-state index in [2.05, 4.69) is 20.1 Å². The van der Waals surface area contributed by atoms with Crippen molar-refractivity contribution >= 4 is 23.0 Å². The minimum absolute atomic E-state index is 0.0740. The zero-order valence-electron chi connectivity index (χ0n) is 15.0. The fourth-order valence-corrected chi connectivity index (χ4v) is 3.88. The molecule has 1 aliphatic rings. The molecule has 1 aliphatic heterocycles. The maximum Gasteiger partial charge on any atom is 0.273 e. The van der Waals surface area contributed by atoms with E-state index >= 15 is 0 Å². The van der Waals surface area contributed by atoms with E-state index in [0.717, 1.165) is 16.3 Å². The standard InChI is InChI=1S/C19H16N6O2S/c1-12-7-16(25-19(22-12)20-11-21-25)27-14-8-24(9-14)18(26)15-10-28-17(23-15)13-5-3-2-4-6-13/h2-7,10-11,14H,8-9H2,1H3. The number of benzene rings is 1. The summed E-state index contributed by atoms with van der Waals surface area (Å²) in [5, 5.41) is 6.79. The van der Waals surface area contributed by atoms with E-state index in [-0.39, 0.29) is 12.0 Å². The average Bonchev–Trinajstić information content (AvgIpc) is 3.34. The number of fused-ring (bicyclic) bond motifs is 1. The number of thiazole rings is 1. The summed E-state index contributed by atoms with van der Waals surface area (Å²) >= 11 is 1.48. The lowest BCUT2D eigenvalue weighted by atomic mass is 10.1. The molecule has 0 radical (unpaired) electrons. The molecule has 0 bridgehead atoms. The molecule has 0 aliphatic carbocycles. The van der Waals surface area contributed by atoms with Crippen molar-refractivity contribution in [1.82, 2.24) is 29.5 Å². The molecule has 140 valence electrons. The molecule has 3 aromatic heterocycles. The van der Waals surface area contributed by atoms with Gasteiger partial charge in [0.25, 0.3) is 11.7 Å². The van der Waals surface area contributed by atoms with Gasteiger partial charge >= 0.3 is 0 Å². The van der Waals surface area contributed by atoms with E-state index in [1.807, 2.05) is 48.7 Å².